The molecule has 2 heterocycles. The molecule has 1 atom stereocenters. The molecule has 0 fully saturated rings. The number of nitrogens with zero attached hydrogens (tertiary/aromatic N) is 3. The van der Waals surface area contributed by atoms with Crippen LogP contribution >= 0.6 is 11.6 Å². The SMILES string of the molecule is CCc1nn(C)c(CC(Cc2ccccn2)NN)c1Cl. The molecule has 2 aromatic rings. The second-order valence-electron chi connectivity index (χ2n) is 4.78. The Balaban J connectivity index is 2.12. The molecule has 5 nitrogen and oxygen atoms in total. The van der Waals surface area contributed by atoms with Crippen molar-refractivity contribution in [3.63, 3.8) is 0 Å². The molecule has 108 valence electrons. The number of hydrogen-bond acceptors (Lipinski definition) is 4. The Kier molecular flexibility index (Phi) is 5.11. The van der Waals surface area contributed by atoms with Crippen molar-refractivity contribution in [1.82, 2.24) is 20.2 Å². The van der Waals surface area contributed by atoms with E-state index in [2.05, 4.69) is 15.5 Å². The minimum atomic E-state index is 0.0718. The Morgan fingerprint density at radius 2 is 2.20 bits per heavy atom. The lowest BCUT2D eigenvalue weighted by Gasteiger charge is -2.15. The van der Waals surface area contributed by atoms with E-state index in [4.69, 9.17) is 17.4 Å². The first-order valence-electron chi connectivity index (χ1n) is 6.72. The molecule has 0 radical (unpaired) electrons. The van der Waals surface area contributed by atoms with Crippen LogP contribution in [0.1, 0.15) is 24.0 Å². The van der Waals surface area contributed by atoms with Crippen molar-refractivity contribution in [3.8, 4) is 0 Å². The average Bonchev–Trinajstić information content (AvgIpc) is 2.74. The number of rotatable bonds is 6. The Bertz CT molecular complexity index is 552. The minimum absolute atomic E-state index is 0.0718. The molecular formula is C14H20ClN5. The predicted octanol–water partition coefficient (Wildman–Crippen LogP) is 1.65. The number of halogens is 1. The number of pyridine rings is 1. The lowest BCUT2D eigenvalue weighted by Crippen LogP contribution is -2.39. The van der Waals surface area contributed by atoms with Crippen molar-refractivity contribution in [2.45, 2.75) is 32.2 Å². The Labute approximate surface area is 124 Å². The van der Waals surface area contributed by atoms with Crippen molar-refractivity contribution in [2.24, 2.45) is 12.9 Å². The topological polar surface area (TPSA) is 68.8 Å². The quantitative estimate of drug-likeness (QED) is 0.628. The fourth-order valence-corrected chi connectivity index (χ4v) is 2.61. The third kappa shape index (κ3) is 3.36. The highest BCUT2D eigenvalue weighted by Gasteiger charge is 2.18. The second-order valence-corrected chi connectivity index (χ2v) is 5.16. The van der Waals surface area contributed by atoms with Crippen LogP contribution in [0.4, 0.5) is 0 Å². The van der Waals surface area contributed by atoms with Gasteiger partial charge in [0.2, 0.25) is 0 Å². The van der Waals surface area contributed by atoms with Gasteiger partial charge in [0.1, 0.15) is 0 Å². The molecule has 1 unspecified atom stereocenters. The van der Waals surface area contributed by atoms with E-state index >= 15 is 0 Å². The molecule has 2 rings (SSSR count). The molecule has 2 aromatic heterocycles. The Morgan fingerprint density at radius 1 is 1.40 bits per heavy atom. The number of aromatic nitrogens is 3. The van der Waals surface area contributed by atoms with Gasteiger partial charge in [-0.25, -0.2) is 0 Å². The molecule has 0 aromatic carbocycles. The lowest BCUT2D eigenvalue weighted by molar-refractivity contribution is 0.501. The van der Waals surface area contributed by atoms with Crippen LogP contribution < -0.4 is 11.3 Å². The summed E-state index contributed by atoms with van der Waals surface area (Å²) in [6.45, 7) is 2.05. The van der Waals surface area contributed by atoms with Gasteiger partial charge in [-0.15, -0.1) is 0 Å². The van der Waals surface area contributed by atoms with Crippen molar-refractivity contribution in [1.29, 1.82) is 0 Å². The summed E-state index contributed by atoms with van der Waals surface area (Å²) in [5, 5.41) is 5.17. The van der Waals surface area contributed by atoms with Gasteiger partial charge >= 0.3 is 0 Å². The van der Waals surface area contributed by atoms with Crippen molar-refractivity contribution in [3.05, 3.63) is 46.5 Å². The minimum Gasteiger partial charge on any atom is -0.271 e. The smallest absolute Gasteiger partial charge is 0.0850 e. The normalized spacial score (nSPS) is 12.6. The molecular weight excluding hydrogens is 274 g/mol. The van der Waals surface area contributed by atoms with Crippen LogP contribution in [0.2, 0.25) is 5.02 Å². The molecule has 0 saturated carbocycles. The molecule has 0 bridgehead atoms. The van der Waals surface area contributed by atoms with Gasteiger partial charge in [0, 0.05) is 37.8 Å². The highest BCUT2D eigenvalue weighted by molar-refractivity contribution is 6.31. The molecule has 0 aliphatic heterocycles. The lowest BCUT2D eigenvalue weighted by atomic mass is 10.1. The molecule has 6 heteroatoms. The third-order valence-electron chi connectivity index (χ3n) is 3.36. The summed E-state index contributed by atoms with van der Waals surface area (Å²) >= 11 is 6.37. The Morgan fingerprint density at radius 3 is 2.75 bits per heavy atom. The summed E-state index contributed by atoms with van der Waals surface area (Å²) in [5.41, 5.74) is 5.78. The summed E-state index contributed by atoms with van der Waals surface area (Å²) in [6, 6.07) is 5.94. The predicted molar refractivity (Wildman–Crippen MR) is 80.4 cm³/mol. The summed E-state index contributed by atoms with van der Waals surface area (Å²) in [4.78, 5) is 4.32. The maximum absolute atomic E-state index is 6.37. The van der Waals surface area contributed by atoms with E-state index in [0.717, 1.165) is 41.4 Å². The molecule has 0 spiro atoms. The van der Waals surface area contributed by atoms with Crippen LogP contribution in [0.3, 0.4) is 0 Å². The first-order chi connectivity index (χ1) is 9.65. The largest absolute Gasteiger partial charge is 0.271 e. The fraction of sp³-hybridized carbons (Fsp3) is 0.429. The molecule has 0 aliphatic carbocycles. The maximum atomic E-state index is 6.37. The first kappa shape index (κ1) is 15.0. The highest BCUT2D eigenvalue weighted by atomic mass is 35.5. The van der Waals surface area contributed by atoms with Gasteiger partial charge in [0.15, 0.2) is 0 Å². The molecule has 0 saturated heterocycles. The zero-order valence-corrected chi connectivity index (χ0v) is 12.6. The number of nitrogens with two attached hydrogens (primary N) is 1. The van der Waals surface area contributed by atoms with Gasteiger partial charge in [-0.05, 0) is 18.6 Å². The second kappa shape index (κ2) is 6.83. The zero-order valence-electron chi connectivity index (χ0n) is 11.8. The first-order valence-corrected chi connectivity index (χ1v) is 7.09. The monoisotopic (exact) mass is 293 g/mol. The van der Waals surface area contributed by atoms with E-state index in [-0.39, 0.29) is 6.04 Å². The van der Waals surface area contributed by atoms with Gasteiger partial charge in [0.05, 0.1) is 16.4 Å². The summed E-state index contributed by atoms with van der Waals surface area (Å²) in [6.07, 6.45) is 4.08. The van der Waals surface area contributed by atoms with E-state index in [1.807, 2.05) is 36.9 Å². The number of nitrogens with one attached hydrogen (secondary N) is 1. The number of hydrogen-bond donors (Lipinski definition) is 2. The van der Waals surface area contributed by atoms with Crippen molar-refractivity contribution >= 4 is 11.6 Å². The van der Waals surface area contributed by atoms with Crippen molar-refractivity contribution in [2.75, 3.05) is 0 Å². The Hall–Kier alpha value is -1.43. The van der Waals surface area contributed by atoms with E-state index in [1.165, 1.54) is 0 Å². The van der Waals surface area contributed by atoms with Crippen LogP contribution in [0.15, 0.2) is 24.4 Å². The van der Waals surface area contributed by atoms with Crippen LogP contribution in [0, 0.1) is 0 Å². The average molecular weight is 294 g/mol. The standard InChI is InChI=1S/C14H20ClN5/c1-3-12-14(15)13(20(2)19-12)9-11(18-16)8-10-6-4-5-7-17-10/h4-7,11,18H,3,8-9,16H2,1-2H3. The van der Waals surface area contributed by atoms with Crippen LogP contribution in [0.25, 0.3) is 0 Å². The third-order valence-corrected chi connectivity index (χ3v) is 3.80. The molecule has 20 heavy (non-hydrogen) atoms. The van der Waals surface area contributed by atoms with Gasteiger partial charge < -0.3 is 0 Å². The van der Waals surface area contributed by atoms with Gasteiger partial charge in [-0.3, -0.25) is 20.9 Å². The number of hydrazine groups is 1. The summed E-state index contributed by atoms with van der Waals surface area (Å²) < 4.78 is 1.84. The highest BCUT2D eigenvalue weighted by Crippen LogP contribution is 2.22. The van der Waals surface area contributed by atoms with Crippen LogP contribution in [-0.4, -0.2) is 20.8 Å². The zero-order chi connectivity index (χ0) is 14.5. The van der Waals surface area contributed by atoms with Gasteiger partial charge in [0.25, 0.3) is 0 Å². The maximum Gasteiger partial charge on any atom is 0.0850 e. The van der Waals surface area contributed by atoms with Gasteiger partial charge in [-0.1, -0.05) is 24.6 Å². The van der Waals surface area contributed by atoms with E-state index < -0.39 is 0 Å². The number of aryl methyl sites for hydroxylation is 2. The van der Waals surface area contributed by atoms with E-state index in [9.17, 15) is 0 Å². The van der Waals surface area contributed by atoms with Gasteiger partial charge in [-0.2, -0.15) is 5.10 Å². The fourth-order valence-electron chi connectivity index (χ4n) is 2.24. The van der Waals surface area contributed by atoms with Crippen molar-refractivity contribution < 1.29 is 0 Å². The molecule has 0 aliphatic rings. The van der Waals surface area contributed by atoms with Crippen LogP contribution in [0.5, 0.6) is 0 Å². The van der Waals surface area contributed by atoms with Crippen LogP contribution in [-0.2, 0) is 26.3 Å². The van der Waals surface area contributed by atoms with E-state index in [1.54, 1.807) is 6.20 Å². The molecule has 0 amide bonds. The summed E-state index contributed by atoms with van der Waals surface area (Å²) in [7, 11) is 1.91. The summed E-state index contributed by atoms with van der Waals surface area (Å²) in [5.74, 6) is 5.66. The molecule has 3 N–H and O–H groups in total. The van der Waals surface area contributed by atoms with E-state index in [0.29, 0.717) is 0 Å².